The molecule has 0 aromatic carbocycles. The predicted octanol–water partition coefficient (Wildman–Crippen LogP) is 1.79. The van der Waals surface area contributed by atoms with Crippen LogP contribution in [0, 0.1) is 0 Å². The first-order valence-corrected chi connectivity index (χ1v) is 5.44. The fourth-order valence-electron chi connectivity index (χ4n) is 1.59. The van der Waals surface area contributed by atoms with Gasteiger partial charge >= 0.3 is 0 Å². The summed E-state index contributed by atoms with van der Waals surface area (Å²) >= 11 is 1.72. The van der Waals surface area contributed by atoms with Gasteiger partial charge in [0.1, 0.15) is 0 Å². The van der Waals surface area contributed by atoms with Crippen LogP contribution in [0.15, 0.2) is 29.1 Å². The molecule has 0 radical (unpaired) electrons. The molecular weight excluding hydrogens is 194 g/mol. The van der Waals surface area contributed by atoms with E-state index in [4.69, 9.17) is 0 Å². The van der Waals surface area contributed by atoms with Gasteiger partial charge in [0.05, 0.1) is 11.7 Å². The molecule has 74 valence electrons. The topological polar surface area (TPSA) is 29.9 Å². The third-order valence-corrected chi connectivity index (χ3v) is 3.02. The van der Waals surface area contributed by atoms with Crippen LogP contribution >= 0.6 is 11.3 Å². The molecule has 0 aliphatic rings. The van der Waals surface area contributed by atoms with Crippen molar-refractivity contribution in [2.24, 2.45) is 7.05 Å². The van der Waals surface area contributed by atoms with E-state index < -0.39 is 0 Å². The second kappa shape index (κ2) is 3.94. The lowest BCUT2D eigenvalue weighted by Gasteiger charge is -2.14. The summed E-state index contributed by atoms with van der Waals surface area (Å²) in [6.45, 7) is 0. The maximum Gasteiger partial charge on any atom is 0.0753 e. The molecular formula is C10H13N3S. The molecule has 4 heteroatoms. The Morgan fingerprint density at radius 3 is 2.86 bits per heavy atom. The average Bonchev–Trinajstić information content (AvgIpc) is 2.80. The Morgan fingerprint density at radius 1 is 1.50 bits per heavy atom. The fraction of sp³-hybridized carbons (Fsp3) is 0.300. The number of aryl methyl sites for hydroxylation is 1. The second-order valence-corrected chi connectivity index (χ2v) is 3.94. The highest BCUT2D eigenvalue weighted by atomic mass is 32.1. The third kappa shape index (κ3) is 1.58. The molecule has 1 unspecified atom stereocenters. The lowest BCUT2D eigenvalue weighted by atomic mass is 10.1. The predicted molar refractivity (Wildman–Crippen MR) is 58.4 cm³/mol. The Labute approximate surface area is 87.4 Å². The highest BCUT2D eigenvalue weighted by molar-refractivity contribution is 7.08. The van der Waals surface area contributed by atoms with Crippen molar-refractivity contribution in [3.8, 4) is 0 Å². The average molecular weight is 207 g/mol. The number of nitrogens with zero attached hydrogens (tertiary/aromatic N) is 2. The number of hydrogen-bond acceptors (Lipinski definition) is 3. The highest BCUT2D eigenvalue weighted by Crippen LogP contribution is 2.22. The SMILES string of the molecule is CNC(c1ccsc1)c1ccnn1C. The van der Waals surface area contributed by atoms with E-state index in [0.717, 1.165) is 0 Å². The Balaban J connectivity index is 2.36. The molecule has 0 amide bonds. The Kier molecular flexibility index (Phi) is 2.65. The zero-order chi connectivity index (χ0) is 9.97. The Hall–Kier alpha value is -1.13. The van der Waals surface area contributed by atoms with Crippen LogP contribution in [0.2, 0.25) is 0 Å². The zero-order valence-electron chi connectivity index (χ0n) is 8.27. The van der Waals surface area contributed by atoms with E-state index in [9.17, 15) is 0 Å². The van der Waals surface area contributed by atoms with E-state index in [-0.39, 0.29) is 6.04 Å². The molecule has 1 atom stereocenters. The van der Waals surface area contributed by atoms with Crippen LogP contribution in [0.25, 0.3) is 0 Å². The first-order valence-electron chi connectivity index (χ1n) is 4.50. The van der Waals surface area contributed by atoms with Gasteiger partial charge in [0.2, 0.25) is 0 Å². The zero-order valence-corrected chi connectivity index (χ0v) is 9.08. The van der Waals surface area contributed by atoms with Crippen LogP contribution in [0.5, 0.6) is 0 Å². The molecule has 0 aliphatic carbocycles. The van der Waals surface area contributed by atoms with Crippen molar-refractivity contribution in [1.82, 2.24) is 15.1 Å². The number of hydrogen-bond donors (Lipinski definition) is 1. The van der Waals surface area contributed by atoms with Crippen molar-refractivity contribution in [1.29, 1.82) is 0 Å². The first-order chi connectivity index (χ1) is 6.83. The molecule has 2 rings (SSSR count). The van der Waals surface area contributed by atoms with E-state index >= 15 is 0 Å². The van der Waals surface area contributed by atoms with Crippen molar-refractivity contribution in [2.75, 3.05) is 7.05 Å². The van der Waals surface area contributed by atoms with Gasteiger partial charge in [0.15, 0.2) is 0 Å². The van der Waals surface area contributed by atoms with Crippen molar-refractivity contribution in [3.63, 3.8) is 0 Å². The van der Waals surface area contributed by atoms with Gasteiger partial charge < -0.3 is 5.32 Å². The Bertz CT molecular complexity index is 391. The molecule has 2 heterocycles. The third-order valence-electron chi connectivity index (χ3n) is 2.32. The number of aromatic nitrogens is 2. The van der Waals surface area contributed by atoms with E-state index in [1.165, 1.54) is 11.3 Å². The largest absolute Gasteiger partial charge is 0.308 e. The number of rotatable bonds is 3. The van der Waals surface area contributed by atoms with Gasteiger partial charge in [0, 0.05) is 13.2 Å². The highest BCUT2D eigenvalue weighted by Gasteiger charge is 2.14. The van der Waals surface area contributed by atoms with E-state index in [0.29, 0.717) is 0 Å². The summed E-state index contributed by atoms with van der Waals surface area (Å²) in [5, 5.41) is 11.7. The fourth-order valence-corrected chi connectivity index (χ4v) is 2.28. The van der Waals surface area contributed by atoms with Crippen LogP contribution in [0.3, 0.4) is 0 Å². The minimum Gasteiger partial charge on any atom is -0.308 e. The molecule has 0 saturated heterocycles. The minimum absolute atomic E-state index is 0.244. The molecule has 14 heavy (non-hydrogen) atoms. The van der Waals surface area contributed by atoms with Crippen molar-refractivity contribution < 1.29 is 0 Å². The molecule has 0 saturated carbocycles. The Morgan fingerprint density at radius 2 is 2.36 bits per heavy atom. The standard InChI is InChI=1S/C10H13N3S/c1-11-10(8-4-6-14-7-8)9-3-5-12-13(9)2/h3-7,10-11H,1-2H3. The molecule has 3 nitrogen and oxygen atoms in total. The quantitative estimate of drug-likeness (QED) is 0.831. The van der Waals surface area contributed by atoms with Crippen molar-refractivity contribution in [2.45, 2.75) is 6.04 Å². The monoisotopic (exact) mass is 207 g/mol. The summed E-state index contributed by atoms with van der Waals surface area (Å²) in [4.78, 5) is 0. The molecule has 2 aromatic rings. The van der Waals surface area contributed by atoms with Crippen LogP contribution in [-0.4, -0.2) is 16.8 Å². The van der Waals surface area contributed by atoms with Crippen molar-refractivity contribution >= 4 is 11.3 Å². The molecule has 0 spiro atoms. The van der Waals surface area contributed by atoms with Gasteiger partial charge in [-0.05, 0) is 35.5 Å². The molecule has 0 bridgehead atoms. The normalized spacial score (nSPS) is 13.0. The number of nitrogens with one attached hydrogen (secondary N) is 1. The van der Waals surface area contributed by atoms with Crippen LogP contribution in [-0.2, 0) is 7.05 Å². The van der Waals surface area contributed by atoms with Gasteiger partial charge in [-0.2, -0.15) is 16.4 Å². The van der Waals surface area contributed by atoms with Gasteiger partial charge in [-0.15, -0.1) is 0 Å². The van der Waals surface area contributed by atoms with Crippen molar-refractivity contribution in [3.05, 3.63) is 40.3 Å². The summed E-state index contributed by atoms with van der Waals surface area (Å²) in [6, 6.07) is 4.42. The lowest BCUT2D eigenvalue weighted by Crippen LogP contribution is -2.19. The summed E-state index contributed by atoms with van der Waals surface area (Å²) in [7, 11) is 3.93. The second-order valence-electron chi connectivity index (χ2n) is 3.16. The number of thiophene rings is 1. The summed E-state index contributed by atoms with van der Waals surface area (Å²) in [5.41, 5.74) is 2.48. The minimum atomic E-state index is 0.244. The molecule has 2 aromatic heterocycles. The lowest BCUT2D eigenvalue weighted by molar-refractivity contribution is 0.607. The molecule has 1 N–H and O–H groups in total. The summed E-state index contributed by atoms with van der Waals surface area (Å²) < 4.78 is 1.90. The molecule has 0 fully saturated rings. The maximum absolute atomic E-state index is 4.18. The van der Waals surface area contributed by atoms with Gasteiger partial charge in [-0.3, -0.25) is 4.68 Å². The van der Waals surface area contributed by atoms with Gasteiger partial charge in [-0.1, -0.05) is 0 Å². The van der Waals surface area contributed by atoms with E-state index in [1.54, 1.807) is 11.3 Å². The van der Waals surface area contributed by atoms with Gasteiger partial charge in [-0.25, -0.2) is 0 Å². The summed E-state index contributed by atoms with van der Waals surface area (Å²) in [5.74, 6) is 0. The first kappa shape index (κ1) is 9.43. The molecule has 0 aliphatic heterocycles. The van der Waals surface area contributed by atoms with Crippen LogP contribution in [0.4, 0.5) is 0 Å². The van der Waals surface area contributed by atoms with E-state index in [2.05, 4.69) is 27.2 Å². The van der Waals surface area contributed by atoms with Crippen LogP contribution in [0.1, 0.15) is 17.3 Å². The smallest absolute Gasteiger partial charge is 0.0753 e. The summed E-state index contributed by atoms with van der Waals surface area (Å²) in [6.07, 6.45) is 1.83. The van der Waals surface area contributed by atoms with Crippen LogP contribution < -0.4 is 5.32 Å². The maximum atomic E-state index is 4.18. The van der Waals surface area contributed by atoms with E-state index in [1.807, 2.05) is 31.0 Å². The van der Waals surface area contributed by atoms with Gasteiger partial charge in [0.25, 0.3) is 0 Å².